The van der Waals surface area contributed by atoms with Gasteiger partial charge in [-0.3, -0.25) is 0 Å². The standard InChI is InChI=1S/C21H25Cl/c1-3-5-13-21(14-6-4-2)19-10-8-7-9-17(19)18-12-11-16(22)15-20(18)21/h7-12,15H,3-6,13-14H2,1-2H3. The van der Waals surface area contributed by atoms with Gasteiger partial charge in [-0.1, -0.05) is 81.5 Å². The first-order chi connectivity index (χ1) is 10.7. The summed E-state index contributed by atoms with van der Waals surface area (Å²) in [7, 11) is 0. The smallest absolute Gasteiger partial charge is 0.0409 e. The van der Waals surface area contributed by atoms with Crippen LogP contribution >= 0.6 is 11.6 Å². The molecule has 1 aliphatic rings. The van der Waals surface area contributed by atoms with Crippen LogP contribution in [0.5, 0.6) is 0 Å². The number of fused-ring (bicyclic) bond motifs is 3. The van der Waals surface area contributed by atoms with Gasteiger partial charge in [0.2, 0.25) is 0 Å². The average molecular weight is 313 g/mol. The molecule has 0 N–H and O–H groups in total. The Kier molecular flexibility index (Phi) is 4.59. The Hall–Kier alpha value is -1.27. The van der Waals surface area contributed by atoms with Crippen molar-refractivity contribution in [2.24, 2.45) is 0 Å². The lowest BCUT2D eigenvalue weighted by atomic mass is 9.71. The van der Waals surface area contributed by atoms with Gasteiger partial charge < -0.3 is 0 Å². The van der Waals surface area contributed by atoms with Gasteiger partial charge in [-0.05, 0) is 47.2 Å². The molecule has 2 aromatic rings. The highest BCUT2D eigenvalue weighted by Gasteiger charge is 2.41. The third-order valence-electron chi connectivity index (χ3n) is 5.14. The van der Waals surface area contributed by atoms with Gasteiger partial charge in [0, 0.05) is 10.4 Å². The molecule has 1 heteroatoms. The molecular weight excluding hydrogens is 288 g/mol. The lowest BCUT2D eigenvalue weighted by molar-refractivity contribution is 0.414. The topological polar surface area (TPSA) is 0 Å². The van der Waals surface area contributed by atoms with E-state index in [4.69, 9.17) is 11.6 Å². The summed E-state index contributed by atoms with van der Waals surface area (Å²) < 4.78 is 0. The van der Waals surface area contributed by atoms with Crippen LogP contribution in [-0.4, -0.2) is 0 Å². The maximum Gasteiger partial charge on any atom is 0.0409 e. The molecule has 0 heterocycles. The highest BCUT2D eigenvalue weighted by Crippen LogP contribution is 2.54. The normalized spacial score (nSPS) is 14.7. The third-order valence-corrected chi connectivity index (χ3v) is 5.38. The fourth-order valence-corrected chi connectivity index (χ4v) is 4.22. The van der Waals surface area contributed by atoms with Gasteiger partial charge in [-0.2, -0.15) is 0 Å². The minimum atomic E-state index is 0.169. The van der Waals surface area contributed by atoms with E-state index in [2.05, 4.69) is 50.2 Å². The van der Waals surface area contributed by atoms with Crippen LogP contribution < -0.4 is 0 Å². The van der Waals surface area contributed by atoms with Crippen molar-refractivity contribution in [3.05, 3.63) is 58.6 Å². The molecule has 0 fully saturated rings. The predicted molar refractivity (Wildman–Crippen MR) is 96.7 cm³/mol. The van der Waals surface area contributed by atoms with E-state index in [9.17, 15) is 0 Å². The first-order valence-electron chi connectivity index (χ1n) is 8.63. The van der Waals surface area contributed by atoms with Gasteiger partial charge in [0.25, 0.3) is 0 Å². The maximum atomic E-state index is 6.36. The molecule has 0 saturated heterocycles. The van der Waals surface area contributed by atoms with Gasteiger partial charge in [0.15, 0.2) is 0 Å². The second kappa shape index (κ2) is 6.46. The van der Waals surface area contributed by atoms with Crippen LogP contribution in [0.25, 0.3) is 11.1 Å². The zero-order valence-electron chi connectivity index (χ0n) is 13.7. The van der Waals surface area contributed by atoms with Crippen molar-refractivity contribution < 1.29 is 0 Å². The predicted octanol–water partition coefficient (Wildman–Crippen LogP) is 6.99. The molecule has 0 radical (unpaired) electrons. The van der Waals surface area contributed by atoms with Gasteiger partial charge in [0.05, 0.1) is 0 Å². The van der Waals surface area contributed by atoms with Gasteiger partial charge in [0.1, 0.15) is 0 Å². The molecular formula is C21H25Cl. The van der Waals surface area contributed by atoms with E-state index in [1.807, 2.05) is 6.07 Å². The van der Waals surface area contributed by atoms with E-state index in [0.717, 1.165) is 5.02 Å². The molecule has 0 spiro atoms. The van der Waals surface area contributed by atoms with Crippen molar-refractivity contribution in [2.75, 3.05) is 0 Å². The highest BCUT2D eigenvalue weighted by molar-refractivity contribution is 6.30. The Labute approximate surface area is 139 Å². The summed E-state index contributed by atoms with van der Waals surface area (Å²) in [5.41, 5.74) is 5.97. The fraction of sp³-hybridized carbons (Fsp3) is 0.429. The van der Waals surface area contributed by atoms with Crippen molar-refractivity contribution in [1.29, 1.82) is 0 Å². The van der Waals surface area contributed by atoms with Gasteiger partial charge >= 0.3 is 0 Å². The Bertz CT molecular complexity index is 649. The Morgan fingerprint density at radius 3 is 2.14 bits per heavy atom. The van der Waals surface area contributed by atoms with Crippen LogP contribution in [0.4, 0.5) is 0 Å². The lowest BCUT2D eigenvalue weighted by Crippen LogP contribution is -2.25. The molecule has 0 bridgehead atoms. The molecule has 116 valence electrons. The maximum absolute atomic E-state index is 6.36. The summed E-state index contributed by atoms with van der Waals surface area (Å²) >= 11 is 6.36. The van der Waals surface area contributed by atoms with E-state index in [0.29, 0.717) is 0 Å². The molecule has 3 rings (SSSR count). The minimum Gasteiger partial charge on any atom is -0.0843 e. The van der Waals surface area contributed by atoms with Crippen molar-refractivity contribution in [1.82, 2.24) is 0 Å². The molecule has 0 amide bonds. The fourth-order valence-electron chi connectivity index (χ4n) is 4.05. The largest absolute Gasteiger partial charge is 0.0843 e. The molecule has 2 aromatic carbocycles. The molecule has 0 atom stereocenters. The summed E-state index contributed by atoms with van der Waals surface area (Å²) in [6, 6.07) is 15.5. The van der Waals surface area contributed by atoms with Crippen molar-refractivity contribution >= 4 is 11.6 Å². The molecule has 0 saturated carbocycles. The molecule has 0 aliphatic heterocycles. The Morgan fingerprint density at radius 2 is 1.45 bits per heavy atom. The first-order valence-corrected chi connectivity index (χ1v) is 9.00. The van der Waals surface area contributed by atoms with Crippen molar-refractivity contribution in [2.45, 2.75) is 57.8 Å². The Balaban J connectivity index is 2.20. The van der Waals surface area contributed by atoms with Crippen LogP contribution in [0.1, 0.15) is 63.5 Å². The number of unbranched alkanes of at least 4 members (excludes halogenated alkanes) is 2. The van der Waals surface area contributed by atoms with E-state index in [-0.39, 0.29) is 5.41 Å². The summed E-state index contributed by atoms with van der Waals surface area (Å²) in [5, 5.41) is 0.865. The summed E-state index contributed by atoms with van der Waals surface area (Å²) in [6.45, 7) is 4.57. The summed E-state index contributed by atoms with van der Waals surface area (Å²) in [4.78, 5) is 0. The number of hydrogen-bond acceptors (Lipinski definition) is 0. The molecule has 1 aliphatic carbocycles. The third kappa shape index (κ3) is 2.48. The van der Waals surface area contributed by atoms with Crippen LogP contribution in [0.15, 0.2) is 42.5 Å². The molecule has 22 heavy (non-hydrogen) atoms. The molecule has 0 unspecified atom stereocenters. The monoisotopic (exact) mass is 312 g/mol. The van der Waals surface area contributed by atoms with Crippen LogP contribution in [0, 0.1) is 0 Å². The van der Waals surface area contributed by atoms with E-state index in [1.54, 1.807) is 0 Å². The highest BCUT2D eigenvalue weighted by atomic mass is 35.5. The average Bonchev–Trinajstić information content (AvgIpc) is 2.81. The number of hydrogen-bond donors (Lipinski definition) is 0. The number of halogens is 1. The van der Waals surface area contributed by atoms with Crippen molar-refractivity contribution in [3.63, 3.8) is 0 Å². The number of rotatable bonds is 6. The van der Waals surface area contributed by atoms with Crippen LogP contribution in [-0.2, 0) is 5.41 Å². The molecule has 0 nitrogen and oxygen atoms in total. The first kappa shape index (κ1) is 15.6. The summed E-state index contributed by atoms with van der Waals surface area (Å²) in [5.74, 6) is 0. The molecule has 0 aromatic heterocycles. The van der Waals surface area contributed by atoms with Crippen molar-refractivity contribution in [3.8, 4) is 11.1 Å². The number of benzene rings is 2. The van der Waals surface area contributed by atoms with Gasteiger partial charge in [-0.15, -0.1) is 0 Å². The van der Waals surface area contributed by atoms with Gasteiger partial charge in [-0.25, -0.2) is 0 Å². The van der Waals surface area contributed by atoms with E-state index in [1.165, 1.54) is 60.8 Å². The summed E-state index contributed by atoms with van der Waals surface area (Å²) in [6.07, 6.45) is 7.48. The zero-order valence-corrected chi connectivity index (χ0v) is 14.4. The Morgan fingerprint density at radius 1 is 0.818 bits per heavy atom. The van der Waals surface area contributed by atoms with E-state index >= 15 is 0 Å². The quantitative estimate of drug-likeness (QED) is 0.539. The SMILES string of the molecule is CCCCC1(CCCC)c2ccccc2-c2ccc(Cl)cc21. The van der Waals surface area contributed by atoms with Crippen LogP contribution in [0.3, 0.4) is 0 Å². The van der Waals surface area contributed by atoms with E-state index < -0.39 is 0 Å². The van der Waals surface area contributed by atoms with Crippen LogP contribution in [0.2, 0.25) is 5.02 Å². The lowest BCUT2D eigenvalue weighted by Gasteiger charge is -2.32. The second-order valence-corrected chi connectivity index (χ2v) is 6.96. The zero-order chi connectivity index (χ0) is 15.6. The second-order valence-electron chi connectivity index (χ2n) is 6.52. The minimum absolute atomic E-state index is 0.169.